The SMILES string of the molecule is CO.COC(=O)OCC(C)(C)c1cc(C(C)(C)C)c(N)cc1OC(=O)OC.COC(=O)OCC(C)(C)c1cc(C(C)(C)C)c([N+](=O)[O-])cc1OC(=O)OC. The number of nitrogen functional groups attached to an aromatic ring is 1. The molecule has 0 radical (unpaired) electrons. The molecular weight excluding hydrogens is 712 g/mol. The molecular formula is C37H56N2O15. The van der Waals surface area contributed by atoms with Gasteiger partial charge in [-0.3, -0.25) is 10.1 Å². The Balaban J connectivity index is 0.000000997. The number of nitro groups is 1. The van der Waals surface area contributed by atoms with Gasteiger partial charge in [-0.25, -0.2) is 19.2 Å². The quantitative estimate of drug-likeness (QED) is 0.0628. The van der Waals surface area contributed by atoms with Crippen LogP contribution in [0.25, 0.3) is 0 Å². The van der Waals surface area contributed by atoms with Gasteiger partial charge in [-0.05, 0) is 28.5 Å². The summed E-state index contributed by atoms with van der Waals surface area (Å²) in [5.41, 5.74) is 6.64. The van der Waals surface area contributed by atoms with Crippen molar-refractivity contribution < 1.29 is 67.1 Å². The lowest BCUT2D eigenvalue weighted by Crippen LogP contribution is -2.28. The summed E-state index contributed by atoms with van der Waals surface area (Å²) >= 11 is 0. The molecule has 2 rings (SSSR count). The Morgan fingerprint density at radius 2 is 0.926 bits per heavy atom. The van der Waals surface area contributed by atoms with Crippen molar-refractivity contribution in [1.29, 1.82) is 0 Å². The third-order valence-electron chi connectivity index (χ3n) is 7.68. The third-order valence-corrected chi connectivity index (χ3v) is 7.68. The van der Waals surface area contributed by atoms with Crippen molar-refractivity contribution in [2.75, 3.05) is 54.5 Å². The molecule has 0 aromatic heterocycles. The number of ether oxygens (including phenoxy) is 8. The molecule has 2 aromatic rings. The molecule has 0 aliphatic rings. The number of carbonyl (C=O) groups is 4. The molecule has 0 heterocycles. The largest absolute Gasteiger partial charge is 0.513 e. The van der Waals surface area contributed by atoms with E-state index in [0.717, 1.165) is 19.8 Å². The number of nitrogens with two attached hydrogens (primary N) is 1. The Labute approximate surface area is 316 Å². The molecule has 3 N–H and O–H groups in total. The smallest absolute Gasteiger partial charge is 0.438 e. The lowest BCUT2D eigenvalue weighted by molar-refractivity contribution is -0.386. The predicted molar refractivity (Wildman–Crippen MR) is 198 cm³/mol. The number of hydrogen-bond donors (Lipinski definition) is 2. The summed E-state index contributed by atoms with van der Waals surface area (Å²) in [4.78, 5) is 56.8. The molecule has 0 saturated heterocycles. The van der Waals surface area contributed by atoms with Gasteiger partial charge in [0, 0.05) is 46.4 Å². The van der Waals surface area contributed by atoms with Crippen molar-refractivity contribution in [2.24, 2.45) is 0 Å². The Hall–Kier alpha value is -5.32. The van der Waals surface area contributed by atoms with Crippen LogP contribution in [0.5, 0.6) is 11.5 Å². The van der Waals surface area contributed by atoms with Gasteiger partial charge in [-0.1, -0.05) is 69.2 Å². The maximum Gasteiger partial charge on any atom is 0.513 e. The van der Waals surface area contributed by atoms with E-state index in [2.05, 4.69) is 18.9 Å². The standard InChI is InChI=1S/C18H25NO8.C18H27NO6.CH4O/c1-17(2,3)11-8-12(18(4,5)10-26-15(20)24-6)14(27-16(21)25-7)9-13(11)19(22)23;1-17(2,3)11-8-12(18(4,5)10-24-15(20)22-6)14(9-13(11)19)25-16(21)23-7;1-2/h8-9H,10H2,1-7H3;8-9H,10,19H2,1-7H3;2H,1H3. The summed E-state index contributed by atoms with van der Waals surface area (Å²) in [6, 6.07) is 6.24. The van der Waals surface area contributed by atoms with E-state index in [1.807, 2.05) is 61.5 Å². The first kappa shape index (κ1) is 48.7. The number of aliphatic hydroxyl groups excluding tert-OH is 1. The zero-order valence-corrected chi connectivity index (χ0v) is 33.9. The van der Waals surface area contributed by atoms with Crippen molar-refractivity contribution in [2.45, 2.75) is 90.9 Å². The van der Waals surface area contributed by atoms with Crippen LogP contribution in [-0.2, 0) is 50.1 Å². The molecule has 0 bridgehead atoms. The van der Waals surface area contributed by atoms with Crippen LogP contribution in [0.4, 0.5) is 30.6 Å². The summed E-state index contributed by atoms with van der Waals surface area (Å²) in [7, 11) is 5.78. The average Bonchev–Trinajstić information content (AvgIpc) is 3.09. The highest BCUT2D eigenvalue weighted by Gasteiger charge is 2.35. The van der Waals surface area contributed by atoms with Crippen molar-refractivity contribution >= 4 is 36.0 Å². The number of nitrogens with zero attached hydrogens (tertiary/aromatic N) is 1. The van der Waals surface area contributed by atoms with Gasteiger partial charge in [0.25, 0.3) is 5.69 Å². The molecule has 54 heavy (non-hydrogen) atoms. The molecule has 17 nitrogen and oxygen atoms in total. The second kappa shape index (κ2) is 20.2. The fraction of sp³-hybridized carbons (Fsp3) is 0.568. The van der Waals surface area contributed by atoms with Gasteiger partial charge in [0.2, 0.25) is 0 Å². The first-order valence-electron chi connectivity index (χ1n) is 16.4. The highest BCUT2D eigenvalue weighted by molar-refractivity contribution is 5.69. The maximum atomic E-state index is 11.6. The fourth-order valence-corrected chi connectivity index (χ4v) is 4.81. The summed E-state index contributed by atoms with van der Waals surface area (Å²) in [6.45, 7) is 18.7. The van der Waals surface area contributed by atoms with Gasteiger partial charge in [0.1, 0.15) is 24.7 Å². The van der Waals surface area contributed by atoms with Crippen LogP contribution in [0, 0.1) is 10.1 Å². The van der Waals surface area contributed by atoms with Crippen LogP contribution in [0.2, 0.25) is 0 Å². The molecule has 0 saturated carbocycles. The number of methoxy groups -OCH3 is 4. The van der Waals surface area contributed by atoms with E-state index >= 15 is 0 Å². The minimum absolute atomic E-state index is 0.0324. The van der Waals surface area contributed by atoms with Crippen LogP contribution < -0.4 is 15.2 Å². The van der Waals surface area contributed by atoms with Gasteiger partial charge in [0.15, 0.2) is 0 Å². The second-order valence-electron chi connectivity index (χ2n) is 14.9. The highest BCUT2D eigenvalue weighted by Crippen LogP contribution is 2.42. The van der Waals surface area contributed by atoms with Crippen molar-refractivity contribution in [1.82, 2.24) is 0 Å². The molecule has 17 heteroatoms. The predicted octanol–water partition coefficient (Wildman–Crippen LogP) is 7.48. The lowest BCUT2D eigenvalue weighted by atomic mass is 9.78. The molecule has 304 valence electrons. The van der Waals surface area contributed by atoms with Gasteiger partial charge >= 0.3 is 24.6 Å². The second-order valence-corrected chi connectivity index (χ2v) is 14.9. The molecule has 0 fully saturated rings. The normalized spacial score (nSPS) is 11.3. The van der Waals surface area contributed by atoms with Gasteiger partial charge in [-0.15, -0.1) is 0 Å². The number of aliphatic hydroxyl groups is 1. The zero-order chi connectivity index (χ0) is 42.4. The van der Waals surface area contributed by atoms with Crippen LogP contribution in [0.1, 0.15) is 91.5 Å². The van der Waals surface area contributed by atoms with E-state index in [4.69, 9.17) is 29.8 Å². The van der Waals surface area contributed by atoms with Crippen molar-refractivity contribution in [3.8, 4) is 11.5 Å². The molecule has 0 amide bonds. The zero-order valence-electron chi connectivity index (χ0n) is 33.9. The van der Waals surface area contributed by atoms with E-state index in [1.165, 1.54) is 27.4 Å². The van der Waals surface area contributed by atoms with E-state index < -0.39 is 45.8 Å². The number of carbonyl (C=O) groups excluding carboxylic acids is 4. The topological polar surface area (TPSA) is 232 Å². The number of rotatable bonds is 9. The summed E-state index contributed by atoms with van der Waals surface area (Å²) in [6.07, 6.45) is -3.51. The van der Waals surface area contributed by atoms with Gasteiger partial charge in [0.05, 0.1) is 39.4 Å². The first-order chi connectivity index (χ1) is 24.7. The fourth-order valence-electron chi connectivity index (χ4n) is 4.81. The third kappa shape index (κ3) is 14.2. The molecule has 2 aromatic carbocycles. The molecule has 0 aliphatic heterocycles. The number of benzene rings is 2. The van der Waals surface area contributed by atoms with Crippen LogP contribution >= 0.6 is 0 Å². The molecule has 0 unspecified atom stereocenters. The maximum absolute atomic E-state index is 11.6. The minimum atomic E-state index is -1.02. The lowest BCUT2D eigenvalue weighted by Gasteiger charge is -2.30. The highest BCUT2D eigenvalue weighted by atomic mass is 16.7. The van der Waals surface area contributed by atoms with E-state index in [1.54, 1.807) is 26.0 Å². The summed E-state index contributed by atoms with van der Waals surface area (Å²) < 4.78 is 38.5. The number of nitro benzene ring substituents is 1. The summed E-state index contributed by atoms with van der Waals surface area (Å²) in [5.74, 6) is 0.218. The van der Waals surface area contributed by atoms with Crippen molar-refractivity contribution in [3.63, 3.8) is 0 Å². The summed E-state index contributed by atoms with van der Waals surface area (Å²) in [5, 5.41) is 18.5. The average molecular weight is 769 g/mol. The molecule has 0 atom stereocenters. The Bertz CT molecular complexity index is 1620. The number of anilines is 1. The number of hydrogen-bond acceptors (Lipinski definition) is 16. The van der Waals surface area contributed by atoms with Gasteiger partial charge < -0.3 is 48.7 Å². The Morgan fingerprint density at radius 3 is 1.24 bits per heavy atom. The Kier molecular flexibility index (Phi) is 18.2. The molecule has 0 spiro atoms. The van der Waals surface area contributed by atoms with E-state index in [-0.39, 0.29) is 35.8 Å². The van der Waals surface area contributed by atoms with E-state index in [9.17, 15) is 29.3 Å². The first-order valence-corrected chi connectivity index (χ1v) is 16.4. The van der Waals surface area contributed by atoms with Gasteiger partial charge in [-0.2, -0.15) is 0 Å². The van der Waals surface area contributed by atoms with Crippen LogP contribution in [0.3, 0.4) is 0 Å². The molecule has 0 aliphatic carbocycles. The monoisotopic (exact) mass is 768 g/mol. The van der Waals surface area contributed by atoms with E-state index in [0.29, 0.717) is 22.4 Å². The van der Waals surface area contributed by atoms with Crippen molar-refractivity contribution in [3.05, 3.63) is 56.6 Å². The minimum Gasteiger partial charge on any atom is -0.438 e. The van der Waals surface area contributed by atoms with Crippen LogP contribution in [-0.4, -0.2) is 83.4 Å². The Morgan fingerprint density at radius 1 is 0.593 bits per heavy atom. The van der Waals surface area contributed by atoms with Crippen LogP contribution in [0.15, 0.2) is 24.3 Å².